The molecule has 0 bridgehead atoms. The van der Waals surface area contributed by atoms with E-state index in [9.17, 15) is 4.79 Å². The van der Waals surface area contributed by atoms with Crippen LogP contribution in [0.15, 0.2) is 109 Å². The average molecular weight is 507 g/mol. The Bertz CT molecular complexity index is 1510. The highest BCUT2D eigenvalue weighted by Crippen LogP contribution is 2.24. The van der Waals surface area contributed by atoms with E-state index in [0.717, 1.165) is 11.1 Å². The van der Waals surface area contributed by atoms with E-state index in [1.54, 1.807) is 0 Å². The van der Waals surface area contributed by atoms with Crippen molar-refractivity contribution in [3.05, 3.63) is 131 Å². The SMILES string of the molecule is CC(NCCC(=O)N(Cc1ccc(Cl)cc1)Cc1ccc2ccccc2c1)c1cccc2ccccc12. The van der Waals surface area contributed by atoms with Gasteiger partial charge in [-0.3, -0.25) is 4.79 Å². The molecule has 0 aromatic heterocycles. The van der Waals surface area contributed by atoms with Gasteiger partial charge in [0.15, 0.2) is 0 Å². The highest BCUT2D eigenvalue weighted by molar-refractivity contribution is 6.30. The van der Waals surface area contributed by atoms with Crippen molar-refractivity contribution in [2.75, 3.05) is 6.54 Å². The normalized spacial score (nSPS) is 12.1. The average Bonchev–Trinajstić information content (AvgIpc) is 2.93. The fourth-order valence-electron chi connectivity index (χ4n) is 4.89. The number of amides is 1. The number of nitrogens with zero attached hydrogens (tertiary/aromatic N) is 1. The van der Waals surface area contributed by atoms with Gasteiger partial charge in [0.25, 0.3) is 0 Å². The summed E-state index contributed by atoms with van der Waals surface area (Å²) in [5, 5.41) is 9.13. The van der Waals surface area contributed by atoms with Crippen LogP contribution in [-0.2, 0) is 17.9 Å². The molecule has 0 aliphatic heterocycles. The number of hydrogen-bond donors (Lipinski definition) is 1. The molecule has 0 radical (unpaired) electrons. The molecule has 186 valence electrons. The van der Waals surface area contributed by atoms with Gasteiger partial charge in [0.1, 0.15) is 0 Å². The van der Waals surface area contributed by atoms with Gasteiger partial charge in [-0.25, -0.2) is 0 Å². The second kappa shape index (κ2) is 11.6. The monoisotopic (exact) mass is 506 g/mol. The summed E-state index contributed by atoms with van der Waals surface area (Å²) in [6, 6.07) is 37.4. The fraction of sp³-hybridized carbons (Fsp3) is 0.182. The Labute approximate surface area is 223 Å². The number of carbonyl (C=O) groups is 1. The summed E-state index contributed by atoms with van der Waals surface area (Å²) >= 11 is 6.09. The maximum atomic E-state index is 13.5. The molecule has 3 nitrogen and oxygen atoms in total. The highest BCUT2D eigenvalue weighted by atomic mass is 35.5. The van der Waals surface area contributed by atoms with Crippen LogP contribution in [0.2, 0.25) is 5.02 Å². The molecule has 37 heavy (non-hydrogen) atoms. The first kappa shape index (κ1) is 25.0. The minimum absolute atomic E-state index is 0.126. The zero-order chi connectivity index (χ0) is 25.6. The van der Waals surface area contributed by atoms with Gasteiger partial charge in [0.05, 0.1) is 0 Å². The zero-order valence-corrected chi connectivity index (χ0v) is 21.8. The number of fused-ring (bicyclic) bond motifs is 2. The smallest absolute Gasteiger partial charge is 0.224 e. The Balaban J connectivity index is 1.28. The predicted molar refractivity (Wildman–Crippen MR) is 155 cm³/mol. The Morgan fingerprint density at radius 1 is 0.757 bits per heavy atom. The summed E-state index contributed by atoms with van der Waals surface area (Å²) in [6.45, 7) is 3.87. The fourth-order valence-corrected chi connectivity index (χ4v) is 5.02. The lowest BCUT2D eigenvalue weighted by atomic mass is 9.99. The molecule has 0 fully saturated rings. The van der Waals surface area contributed by atoms with Crippen molar-refractivity contribution in [3.63, 3.8) is 0 Å². The van der Waals surface area contributed by atoms with Crippen LogP contribution in [-0.4, -0.2) is 17.4 Å². The van der Waals surface area contributed by atoms with Crippen molar-refractivity contribution in [2.24, 2.45) is 0 Å². The number of nitrogens with one attached hydrogen (secondary N) is 1. The molecular formula is C33H31ClN2O. The standard InChI is InChI=1S/C33H31ClN2O/c1-24(31-12-6-10-28-8-4-5-11-32(28)31)35-20-19-33(37)36(22-25-14-17-30(34)18-15-25)23-26-13-16-27-7-2-3-9-29(27)21-26/h2-18,21,24,35H,19-20,22-23H2,1H3. The van der Waals surface area contributed by atoms with Gasteiger partial charge in [-0.05, 0) is 63.4 Å². The zero-order valence-electron chi connectivity index (χ0n) is 21.0. The van der Waals surface area contributed by atoms with Crippen molar-refractivity contribution < 1.29 is 4.79 Å². The van der Waals surface area contributed by atoms with Crippen LogP contribution in [0.25, 0.3) is 21.5 Å². The summed E-state index contributed by atoms with van der Waals surface area (Å²) in [4.78, 5) is 15.4. The summed E-state index contributed by atoms with van der Waals surface area (Å²) in [5.41, 5.74) is 3.44. The van der Waals surface area contributed by atoms with Crippen molar-refractivity contribution >= 4 is 39.1 Å². The molecule has 1 unspecified atom stereocenters. The van der Waals surface area contributed by atoms with Crippen LogP contribution in [0.5, 0.6) is 0 Å². The third kappa shape index (κ3) is 6.19. The van der Waals surface area contributed by atoms with E-state index in [0.29, 0.717) is 31.1 Å². The van der Waals surface area contributed by atoms with E-state index in [1.807, 2.05) is 41.3 Å². The molecule has 0 saturated carbocycles. The Hall–Kier alpha value is -3.66. The van der Waals surface area contributed by atoms with E-state index in [1.165, 1.54) is 27.1 Å². The van der Waals surface area contributed by atoms with Gasteiger partial charge in [-0.15, -0.1) is 0 Å². The van der Waals surface area contributed by atoms with Crippen molar-refractivity contribution in [2.45, 2.75) is 32.5 Å². The van der Waals surface area contributed by atoms with Crippen LogP contribution in [0, 0.1) is 0 Å². The third-order valence-corrected chi connectivity index (χ3v) is 7.16. The van der Waals surface area contributed by atoms with E-state index in [-0.39, 0.29) is 11.9 Å². The number of carbonyl (C=O) groups excluding carboxylic acids is 1. The first-order valence-corrected chi connectivity index (χ1v) is 13.2. The van der Waals surface area contributed by atoms with Gasteiger partial charge in [-0.1, -0.05) is 103 Å². The van der Waals surface area contributed by atoms with Gasteiger partial charge in [0, 0.05) is 37.1 Å². The molecule has 5 aromatic rings. The molecule has 1 amide bonds. The van der Waals surface area contributed by atoms with Gasteiger partial charge < -0.3 is 10.2 Å². The quantitative estimate of drug-likeness (QED) is 0.220. The molecule has 1 atom stereocenters. The van der Waals surface area contributed by atoms with E-state index >= 15 is 0 Å². The largest absolute Gasteiger partial charge is 0.334 e. The number of halogens is 1. The second-order valence-corrected chi connectivity index (χ2v) is 9.99. The summed E-state index contributed by atoms with van der Waals surface area (Å²) in [5.74, 6) is 0.126. The summed E-state index contributed by atoms with van der Waals surface area (Å²) in [7, 11) is 0. The van der Waals surface area contributed by atoms with E-state index < -0.39 is 0 Å². The Morgan fingerprint density at radius 3 is 2.22 bits per heavy atom. The lowest BCUT2D eigenvalue weighted by molar-refractivity contribution is -0.132. The van der Waals surface area contributed by atoms with E-state index in [2.05, 4.69) is 85.0 Å². The Kier molecular flexibility index (Phi) is 7.84. The number of benzene rings is 5. The van der Waals surface area contributed by atoms with Crippen LogP contribution in [0.3, 0.4) is 0 Å². The molecule has 5 aromatic carbocycles. The van der Waals surface area contributed by atoms with Crippen LogP contribution in [0.1, 0.15) is 36.1 Å². The highest BCUT2D eigenvalue weighted by Gasteiger charge is 2.16. The lowest BCUT2D eigenvalue weighted by Gasteiger charge is -2.24. The van der Waals surface area contributed by atoms with Gasteiger partial charge in [0.2, 0.25) is 5.91 Å². The molecule has 5 rings (SSSR count). The topological polar surface area (TPSA) is 32.3 Å². The Morgan fingerprint density at radius 2 is 1.41 bits per heavy atom. The molecule has 0 spiro atoms. The van der Waals surface area contributed by atoms with E-state index in [4.69, 9.17) is 11.6 Å². The molecule has 1 N–H and O–H groups in total. The maximum absolute atomic E-state index is 13.5. The first-order chi connectivity index (χ1) is 18.1. The molecule has 4 heteroatoms. The molecule has 0 saturated heterocycles. The number of hydrogen-bond acceptors (Lipinski definition) is 2. The lowest BCUT2D eigenvalue weighted by Crippen LogP contribution is -2.33. The molecule has 0 aliphatic rings. The summed E-state index contributed by atoms with van der Waals surface area (Å²) < 4.78 is 0. The molecular weight excluding hydrogens is 476 g/mol. The predicted octanol–water partition coefficient (Wildman–Crippen LogP) is 7.92. The number of rotatable bonds is 9. The van der Waals surface area contributed by atoms with Crippen LogP contribution < -0.4 is 5.32 Å². The van der Waals surface area contributed by atoms with Gasteiger partial charge >= 0.3 is 0 Å². The van der Waals surface area contributed by atoms with Crippen molar-refractivity contribution in [1.29, 1.82) is 0 Å². The maximum Gasteiger partial charge on any atom is 0.224 e. The first-order valence-electron chi connectivity index (χ1n) is 12.8. The van der Waals surface area contributed by atoms with Crippen LogP contribution in [0.4, 0.5) is 0 Å². The third-order valence-electron chi connectivity index (χ3n) is 6.91. The minimum Gasteiger partial charge on any atom is -0.334 e. The second-order valence-electron chi connectivity index (χ2n) is 9.55. The van der Waals surface area contributed by atoms with Crippen molar-refractivity contribution in [3.8, 4) is 0 Å². The van der Waals surface area contributed by atoms with Crippen molar-refractivity contribution in [1.82, 2.24) is 10.2 Å². The molecule has 0 heterocycles. The molecule has 0 aliphatic carbocycles. The van der Waals surface area contributed by atoms with Gasteiger partial charge in [-0.2, -0.15) is 0 Å². The van der Waals surface area contributed by atoms with Crippen LogP contribution >= 0.6 is 11.6 Å². The minimum atomic E-state index is 0.126. The summed E-state index contributed by atoms with van der Waals surface area (Å²) in [6.07, 6.45) is 0.427.